The van der Waals surface area contributed by atoms with Crippen LogP contribution in [0.5, 0.6) is 0 Å². The number of carbonyl (C=O) groups excluding carboxylic acids is 3. The van der Waals surface area contributed by atoms with E-state index in [1.165, 1.54) is 0 Å². The van der Waals surface area contributed by atoms with Gasteiger partial charge in [-0.1, -0.05) is 12.8 Å². The Labute approximate surface area is 138 Å². The average molecular weight is 330 g/mol. The van der Waals surface area contributed by atoms with E-state index in [1.807, 2.05) is 20.8 Å². The van der Waals surface area contributed by atoms with Gasteiger partial charge in [0.05, 0.1) is 6.61 Å². The van der Waals surface area contributed by atoms with Crippen molar-refractivity contribution in [3.63, 3.8) is 0 Å². The second kappa shape index (κ2) is 11.7. The van der Waals surface area contributed by atoms with Crippen LogP contribution in [0.15, 0.2) is 0 Å². The molecule has 0 aliphatic rings. The van der Waals surface area contributed by atoms with Crippen LogP contribution in [-0.2, 0) is 19.1 Å². The molecule has 0 aliphatic heterocycles. The van der Waals surface area contributed by atoms with Gasteiger partial charge in [-0.15, -0.1) is 0 Å². The van der Waals surface area contributed by atoms with E-state index in [0.717, 1.165) is 25.7 Å². The molecule has 0 aliphatic carbocycles. The van der Waals surface area contributed by atoms with Crippen molar-refractivity contribution in [3.8, 4) is 0 Å². The first kappa shape index (κ1) is 21.2. The number of rotatable bonds is 10. The second-order valence-corrected chi connectivity index (χ2v) is 6.17. The summed E-state index contributed by atoms with van der Waals surface area (Å²) in [6.45, 7) is 7.97. The maximum Gasteiger partial charge on any atom is 0.407 e. The third kappa shape index (κ3) is 14.9. The van der Waals surface area contributed by atoms with E-state index in [0.29, 0.717) is 19.6 Å². The zero-order valence-corrected chi connectivity index (χ0v) is 14.7. The van der Waals surface area contributed by atoms with Crippen LogP contribution >= 0.6 is 0 Å². The van der Waals surface area contributed by atoms with Gasteiger partial charge in [0.25, 0.3) is 0 Å². The van der Waals surface area contributed by atoms with Crippen molar-refractivity contribution in [1.82, 2.24) is 10.6 Å². The fraction of sp³-hybridized carbons (Fsp3) is 0.812. The van der Waals surface area contributed by atoms with E-state index in [-0.39, 0.29) is 12.5 Å². The van der Waals surface area contributed by atoms with Gasteiger partial charge in [-0.3, -0.25) is 9.59 Å². The number of amides is 2. The monoisotopic (exact) mass is 330 g/mol. The molecule has 0 rings (SSSR count). The Kier molecular flexibility index (Phi) is 10.8. The zero-order chi connectivity index (χ0) is 17.7. The standard InChI is InChI=1S/C16H30N2O5/c1-5-22-14(20)12-18-13(19)10-8-6-7-9-11-17-15(21)23-16(2,3)4/h5-12H2,1-4H3,(H,17,21)(H,18,19). The third-order valence-corrected chi connectivity index (χ3v) is 2.73. The lowest BCUT2D eigenvalue weighted by molar-refractivity contribution is -0.143. The number of esters is 1. The fourth-order valence-corrected chi connectivity index (χ4v) is 1.74. The Balaban J connectivity index is 3.47. The van der Waals surface area contributed by atoms with Crippen molar-refractivity contribution >= 4 is 18.0 Å². The van der Waals surface area contributed by atoms with E-state index in [1.54, 1.807) is 6.92 Å². The van der Waals surface area contributed by atoms with Crippen LogP contribution in [0.25, 0.3) is 0 Å². The molecular formula is C16H30N2O5. The van der Waals surface area contributed by atoms with Crippen molar-refractivity contribution in [1.29, 1.82) is 0 Å². The minimum absolute atomic E-state index is 0.0769. The summed E-state index contributed by atoms with van der Waals surface area (Å²) >= 11 is 0. The summed E-state index contributed by atoms with van der Waals surface area (Å²) in [6, 6.07) is 0. The van der Waals surface area contributed by atoms with Gasteiger partial charge in [0.1, 0.15) is 12.1 Å². The summed E-state index contributed by atoms with van der Waals surface area (Å²) in [4.78, 5) is 33.9. The fourth-order valence-electron chi connectivity index (χ4n) is 1.74. The van der Waals surface area contributed by atoms with Crippen LogP contribution in [0.2, 0.25) is 0 Å². The van der Waals surface area contributed by atoms with Crippen LogP contribution in [0.1, 0.15) is 59.8 Å². The van der Waals surface area contributed by atoms with Crippen molar-refractivity contribution < 1.29 is 23.9 Å². The molecule has 2 N–H and O–H groups in total. The van der Waals surface area contributed by atoms with Gasteiger partial charge in [-0.2, -0.15) is 0 Å². The molecule has 0 fully saturated rings. The van der Waals surface area contributed by atoms with Gasteiger partial charge in [0.2, 0.25) is 5.91 Å². The highest BCUT2D eigenvalue weighted by atomic mass is 16.6. The molecule has 0 aromatic heterocycles. The summed E-state index contributed by atoms with van der Waals surface area (Å²) in [7, 11) is 0. The number of nitrogens with one attached hydrogen (secondary N) is 2. The lowest BCUT2D eigenvalue weighted by atomic mass is 10.1. The number of ether oxygens (including phenoxy) is 2. The maximum atomic E-state index is 11.5. The molecule has 0 unspecified atom stereocenters. The van der Waals surface area contributed by atoms with Crippen LogP contribution < -0.4 is 10.6 Å². The molecule has 134 valence electrons. The summed E-state index contributed by atoms with van der Waals surface area (Å²) in [5.41, 5.74) is -0.485. The van der Waals surface area contributed by atoms with Crippen molar-refractivity contribution in [2.45, 2.75) is 65.4 Å². The molecule has 0 aromatic carbocycles. The second-order valence-electron chi connectivity index (χ2n) is 6.17. The summed E-state index contributed by atoms with van der Waals surface area (Å²) in [6.07, 6.45) is 3.38. The van der Waals surface area contributed by atoms with Gasteiger partial charge in [0, 0.05) is 13.0 Å². The molecule has 0 atom stereocenters. The number of hydrogen-bond donors (Lipinski definition) is 2. The minimum atomic E-state index is -0.485. The van der Waals surface area contributed by atoms with Gasteiger partial charge in [0.15, 0.2) is 0 Å². The summed E-state index contributed by atoms with van der Waals surface area (Å²) in [5.74, 6) is -0.570. The predicted molar refractivity (Wildman–Crippen MR) is 87.0 cm³/mol. The molecule has 0 heterocycles. The maximum absolute atomic E-state index is 11.5. The first-order valence-corrected chi connectivity index (χ1v) is 8.13. The van der Waals surface area contributed by atoms with Gasteiger partial charge >= 0.3 is 12.1 Å². The molecule has 0 bridgehead atoms. The van der Waals surface area contributed by atoms with E-state index < -0.39 is 17.7 Å². The first-order valence-electron chi connectivity index (χ1n) is 8.13. The molecule has 0 radical (unpaired) electrons. The van der Waals surface area contributed by atoms with Crippen molar-refractivity contribution in [2.24, 2.45) is 0 Å². The van der Waals surface area contributed by atoms with Gasteiger partial charge < -0.3 is 20.1 Å². The van der Waals surface area contributed by atoms with E-state index in [2.05, 4.69) is 10.6 Å². The number of hydrogen-bond acceptors (Lipinski definition) is 5. The van der Waals surface area contributed by atoms with Gasteiger partial charge in [-0.05, 0) is 40.5 Å². The van der Waals surface area contributed by atoms with Crippen molar-refractivity contribution in [3.05, 3.63) is 0 Å². The topological polar surface area (TPSA) is 93.7 Å². The SMILES string of the molecule is CCOC(=O)CNC(=O)CCCCCCNC(=O)OC(C)(C)C. The number of carbonyl (C=O) groups is 3. The molecule has 0 spiro atoms. The lowest BCUT2D eigenvalue weighted by Gasteiger charge is -2.19. The highest BCUT2D eigenvalue weighted by Gasteiger charge is 2.15. The van der Waals surface area contributed by atoms with Crippen LogP contribution in [0.4, 0.5) is 4.79 Å². The molecule has 7 nitrogen and oxygen atoms in total. The normalized spacial score (nSPS) is 10.8. The molecule has 0 aromatic rings. The molecule has 23 heavy (non-hydrogen) atoms. The Morgan fingerprint density at radius 1 is 0.957 bits per heavy atom. The number of unbranched alkanes of at least 4 members (excludes halogenated alkanes) is 3. The minimum Gasteiger partial charge on any atom is -0.465 e. The largest absolute Gasteiger partial charge is 0.465 e. The van der Waals surface area contributed by atoms with Crippen molar-refractivity contribution in [2.75, 3.05) is 19.7 Å². The highest BCUT2D eigenvalue weighted by Crippen LogP contribution is 2.07. The molecule has 0 saturated heterocycles. The van der Waals surface area contributed by atoms with Crippen LogP contribution in [-0.4, -0.2) is 43.3 Å². The Hall–Kier alpha value is -1.79. The van der Waals surface area contributed by atoms with E-state index >= 15 is 0 Å². The third-order valence-electron chi connectivity index (χ3n) is 2.73. The Bertz CT molecular complexity index is 377. The first-order chi connectivity index (χ1) is 10.7. The number of alkyl carbamates (subject to hydrolysis) is 1. The van der Waals surface area contributed by atoms with E-state index in [4.69, 9.17) is 9.47 Å². The molecule has 0 saturated carbocycles. The zero-order valence-electron chi connectivity index (χ0n) is 14.7. The Morgan fingerprint density at radius 3 is 2.22 bits per heavy atom. The predicted octanol–water partition coefficient (Wildman–Crippen LogP) is 2.14. The smallest absolute Gasteiger partial charge is 0.407 e. The van der Waals surface area contributed by atoms with Crippen LogP contribution in [0, 0.1) is 0 Å². The summed E-state index contributed by atoms with van der Waals surface area (Å²) in [5, 5.41) is 5.21. The van der Waals surface area contributed by atoms with Gasteiger partial charge in [-0.25, -0.2) is 4.79 Å². The quantitative estimate of drug-likeness (QED) is 0.473. The summed E-state index contributed by atoms with van der Waals surface area (Å²) < 4.78 is 9.83. The Morgan fingerprint density at radius 2 is 1.61 bits per heavy atom. The highest BCUT2D eigenvalue weighted by molar-refractivity contribution is 5.81. The molecule has 7 heteroatoms. The average Bonchev–Trinajstić information content (AvgIpc) is 2.42. The van der Waals surface area contributed by atoms with Crippen LogP contribution in [0.3, 0.4) is 0 Å². The van der Waals surface area contributed by atoms with E-state index in [9.17, 15) is 14.4 Å². The molecule has 2 amide bonds. The molecular weight excluding hydrogens is 300 g/mol. The lowest BCUT2D eigenvalue weighted by Crippen LogP contribution is -2.33.